The van der Waals surface area contributed by atoms with Gasteiger partial charge in [0.05, 0.1) is 23.8 Å². The molecule has 0 spiro atoms. The van der Waals surface area contributed by atoms with Crippen molar-refractivity contribution in [2.45, 2.75) is 20.3 Å². The van der Waals surface area contributed by atoms with Gasteiger partial charge in [-0.15, -0.1) is 11.8 Å². The van der Waals surface area contributed by atoms with E-state index in [0.717, 1.165) is 17.7 Å². The standard InChI is InChI=1S/C20H23ClN2O3S/c1-3-9-26-18-8-7-15(21)11-17(18)23-20(25)13-27-12-19(24)22-16-6-4-5-14(2)10-16/h4-8,10-11H,3,9,12-13H2,1-2H3,(H,22,24)(H,23,25). The Bertz CT molecular complexity index is 799. The summed E-state index contributed by atoms with van der Waals surface area (Å²) in [4.78, 5) is 24.2. The van der Waals surface area contributed by atoms with Gasteiger partial charge in [0.2, 0.25) is 11.8 Å². The summed E-state index contributed by atoms with van der Waals surface area (Å²) < 4.78 is 5.62. The largest absolute Gasteiger partial charge is 0.491 e. The number of amides is 2. The molecule has 0 aliphatic rings. The molecular weight excluding hydrogens is 384 g/mol. The van der Waals surface area contributed by atoms with Gasteiger partial charge in [0, 0.05) is 10.7 Å². The van der Waals surface area contributed by atoms with Gasteiger partial charge < -0.3 is 15.4 Å². The Hall–Kier alpha value is -2.18. The first kappa shape index (κ1) is 21.1. The van der Waals surface area contributed by atoms with Crippen LogP contribution in [-0.4, -0.2) is 29.9 Å². The zero-order chi connectivity index (χ0) is 19.6. The topological polar surface area (TPSA) is 67.4 Å². The Kier molecular flexibility index (Phi) is 8.48. The Morgan fingerprint density at radius 3 is 2.52 bits per heavy atom. The van der Waals surface area contributed by atoms with Crippen LogP contribution in [0.3, 0.4) is 0 Å². The molecule has 0 aliphatic carbocycles. The van der Waals surface area contributed by atoms with Crippen molar-refractivity contribution in [3.8, 4) is 5.75 Å². The van der Waals surface area contributed by atoms with Gasteiger partial charge in [-0.05, 0) is 49.2 Å². The predicted molar refractivity (Wildman–Crippen MR) is 113 cm³/mol. The molecular formula is C20H23ClN2O3S. The molecule has 0 aromatic heterocycles. The average Bonchev–Trinajstić information content (AvgIpc) is 2.61. The lowest BCUT2D eigenvalue weighted by molar-refractivity contribution is -0.114. The molecule has 2 amide bonds. The van der Waals surface area contributed by atoms with Crippen molar-refractivity contribution in [2.24, 2.45) is 0 Å². The molecule has 144 valence electrons. The van der Waals surface area contributed by atoms with E-state index in [2.05, 4.69) is 10.6 Å². The van der Waals surface area contributed by atoms with Gasteiger partial charge in [0.1, 0.15) is 5.75 Å². The fourth-order valence-corrected chi connectivity index (χ4v) is 3.07. The maximum atomic E-state index is 12.2. The van der Waals surface area contributed by atoms with E-state index in [1.807, 2.05) is 38.1 Å². The van der Waals surface area contributed by atoms with Crippen LogP contribution in [0.2, 0.25) is 5.02 Å². The van der Waals surface area contributed by atoms with Crippen LogP contribution >= 0.6 is 23.4 Å². The van der Waals surface area contributed by atoms with Crippen molar-refractivity contribution < 1.29 is 14.3 Å². The first-order valence-corrected chi connectivity index (χ1v) is 10.2. The fourth-order valence-electron chi connectivity index (χ4n) is 2.28. The first-order chi connectivity index (χ1) is 13.0. The Morgan fingerprint density at radius 2 is 1.81 bits per heavy atom. The van der Waals surface area contributed by atoms with Crippen LogP contribution in [0, 0.1) is 6.92 Å². The number of hydrogen-bond acceptors (Lipinski definition) is 4. The van der Waals surface area contributed by atoms with E-state index >= 15 is 0 Å². The summed E-state index contributed by atoms with van der Waals surface area (Å²) in [6, 6.07) is 12.7. The summed E-state index contributed by atoms with van der Waals surface area (Å²) in [5.41, 5.74) is 2.36. The predicted octanol–water partition coefficient (Wildman–Crippen LogP) is 4.75. The Morgan fingerprint density at radius 1 is 1.07 bits per heavy atom. The molecule has 0 unspecified atom stereocenters. The quantitative estimate of drug-likeness (QED) is 0.630. The van der Waals surface area contributed by atoms with E-state index < -0.39 is 0 Å². The summed E-state index contributed by atoms with van der Waals surface area (Å²) in [5.74, 6) is 0.564. The zero-order valence-electron chi connectivity index (χ0n) is 15.4. The van der Waals surface area contributed by atoms with Crippen molar-refractivity contribution in [2.75, 3.05) is 28.7 Å². The number of rotatable bonds is 9. The van der Waals surface area contributed by atoms with Crippen molar-refractivity contribution in [3.63, 3.8) is 0 Å². The van der Waals surface area contributed by atoms with Crippen LogP contribution in [0.4, 0.5) is 11.4 Å². The number of benzene rings is 2. The third-order valence-corrected chi connectivity index (χ3v) is 4.61. The lowest BCUT2D eigenvalue weighted by Gasteiger charge is -2.12. The molecule has 2 aromatic rings. The van der Waals surface area contributed by atoms with Crippen molar-refractivity contribution in [3.05, 3.63) is 53.1 Å². The highest BCUT2D eigenvalue weighted by Crippen LogP contribution is 2.28. The maximum Gasteiger partial charge on any atom is 0.234 e. The molecule has 2 N–H and O–H groups in total. The van der Waals surface area contributed by atoms with E-state index in [4.69, 9.17) is 16.3 Å². The van der Waals surface area contributed by atoms with E-state index in [0.29, 0.717) is 23.1 Å². The number of hydrogen-bond donors (Lipinski definition) is 2. The second-order valence-corrected chi connectivity index (χ2v) is 7.37. The van der Waals surface area contributed by atoms with Crippen LogP contribution in [0.15, 0.2) is 42.5 Å². The van der Waals surface area contributed by atoms with Crippen molar-refractivity contribution >= 4 is 46.6 Å². The van der Waals surface area contributed by atoms with Gasteiger partial charge in [-0.25, -0.2) is 0 Å². The van der Waals surface area contributed by atoms with E-state index in [1.54, 1.807) is 18.2 Å². The lowest BCUT2D eigenvalue weighted by Crippen LogP contribution is -2.19. The molecule has 0 aliphatic heterocycles. The van der Waals surface area contributed by atoms with Crippen molar-refractivity contribution in [1.29, 1.82) is 0 Å². The second-order valence-electron chi connectivity index (χ2n) is 5.95. The molecule has 0 saturated heterocycles. The summed E-state index contributed by atoms with van der Waals surface area (Å²) in [6.45, 7) is 4.52. The molecule has 27 heavy (non-hydrogen) atoms. The Labute approximate surface area is 168 Å². The number of aryl methyl sites for hydroxylation is 1. The second kappa shape index (κ2) is 10.8. The number of halogens is 1. The molecule has 0 bridgehead atoms. The SMILES string of the molecule is CCCOc1ccc(Cl)cc1NC(=O)CSCC(=O)Nc1cccc(C)c1. The zero-order valence-corrected chi connectivity index (χ0v) is 17.0. The molecule has 0 atom stereocenters. The summed E-state index contributed by atoms with van der Waals surface area (Å²) in [5, 5.41) is 6.12. The average molecular weight is 407 g/mol. The number of carbonyl (C=O) groups excluding carboxylic acids is 2. The number of ether oxygens (including phenoxy) is 1. The van der Waals surface area contributed by atoms with Gasteiger partial charge >= 0.3 is 0 Å². The number of nitrogens with one attached hydrogen (secondary N) is 2. The molecule has 2 aromatic carbocycles. The number of thioether (sulfide) groups is 1. The van der Waals surface area contributed by atoms with Gasteiger partial charge in [0.15, 0.2) is 0 Å². The van der Waals surface area contributed by atoms with Gasteiger partial charge in [-0.3, -0.25) is 9.59 Å². The molecule has 0 fully saturated rings. The van der Waals surface area contributed by atoms with Gasteiger partial charge in [-0.2, -0.15) is 0 Å². The van der Waals surface area contributed by atoms with Gasteiger partial charge in [-0.1, -0.05) is 30.7 Å². The highest BCUT2D eigenvalue weighted by molar-refractivity contribution is 8.00. The summed E-state index contributed by atoms with van der Waals surface area (Å²) >= 11 is 7.25. The monoisotopic (exact) mass is 406 g/mol. The third kappa shape index (κ3) is 7.53. The number of anilines is 2. The fraction of sp³-hybridized carbons (Fsp3) is 0.300. The van der Waals surface area contributed by atoms with Crippen LogP contribution in [0.25, 0.3) is 0 Å². The first-order valence-electron chi connectivity index (χ1n) is 8.64. The molecule has 2 rings (SSSR count). The maximum absolute atomic E-state index is 12.2. The summed E-state index contributed by atoms with van der Waals surface area (Å²) in [7, 11) is 0. The molecule has 0 saturated carbocycles. The van der Waals surface area contributed by atoms with E-state index in [-0.39, 0.29) is 23.3 Å². The minimum atomic E-state index is -0.216. The van der Waals surface area contributed by atoms with Crippen molar-refractivity contribution in [1.82, 2.24) is 0 Å². The highest BCUT2D eigenvalue weighted by atomic mass is 35.5. The smallest absolute Gasteiger partial charge is 0.234 e. The highest BCUT2D eigenvalue weighted by Gasteiger charge is 2.10. The van der Waals surface area contributed by atoms with E-state index in [9.17, 15) is 9.59 Å². The van der Waals surface area contributed by atoms with Crippen LogP contribution in [-0.2, 0) is 9.59 Å². The van der Waals surface area contributed by atoms with Crippen LogP contribution in [0.5, 0.6) is 5.75 Å². The summed E-state index contributed by atoms with van der Waals surface area (Å²) in [6.07, 6.45) is 0.863. The molecule has 7 heteroatoms. The lowest BCUT2D eigenvalue weighted by atomic mass is 10.2. The normalized spacial score (nSPS) is 10.3. The van der Waals surface area contributed by atoms with Crippen LogP contribution < -0.4 is 15.4 Å². The molecule has 0 heterocycles. The van der Waals surface area contributed by atoms with Crippen LogP contribution in [0.1, 0.15) is 18.9 Å². The van der Waals surface area contributed by atoms with Gasteiger partial charge in [0.25, 0.3) is 0 Å². The Balaban J connectivity index is 1.80. The minimum Gasteiger partial charge on any atom is -0.491 e. The minimum absolute atomic E-state index is 0.145. The molecule has 5 nitrogen and oxygen atoms in total. The number of carbonyl (C=O) groups is 2. The third-order valence-electron chi connectivity index (χ3n) is 3.45. The van der Waals surface area contributed by atoms with E-state index in [1.165, 1.54) is 11.8 Å². The molecule has 0 radical (unpaired) electrons.